The van der Waals surface area contributed by atoms with Gasteiger partial charge in [-0.15, -0.1) is 0 Å². The van der Waals surface area contributed by atoms with Crippen molar-refractivity contribution in [2.75, 3.05) is 12.1 Å². The Morgan fingerprint density at radius 3 is 2.54 bits per heavy atom. The number of nitrogens with one attached hydrogen (secondary N) is 2. The SMILES string of the molecule is Cc1cccc(C)c1Nc1c(-c2ccc3c(c2)OCO3)nc2c(C(=O)NC(CC(=O)O)C3CCCCC3)cccn12. The highest BCUT2D eigenvalue weighted by Gasteiger charge is 2.29. The van der Waals surface area contributed by atoms with Gasteiger partial charge in [-0.2, -0.15) is 0 Å². The molecule has 3 heterocycles. The highest BCUT2D eigenvalue weighted by molar-refractivity contribution is 6.01. The molecular formula is C32H34N4O5. The first-order chi connectivity index (χ1) is 19.9. The molecule has 0 bridgehead atoms. The normalized spacial score (nSPS) is 15.6. The van der Waals surface area contributed by atoms with Crippen molar-refractivity contribution in [3.8, 4) is 22.8 Å². The molecule has 1 atom stereocenters. The second-order valence-corrected chi connectivity index (χ2v) is 11.0. The van der Waals surface area contributed by atoms with E-state index in [2.05, 4.69) is 10.6 Å². The number of rotatable bonds is 8. The second kappa shape index (κ2) is 11.2. The molecule has 2 aromatic heterocycles. The van der Waals surface area contributed by atoms with Gasteiger partial charge in [-0.3, -0.25) is 14.0 Å². The summed E-state index contributed by atoms with van der Waals surface area (Å²) in [4.78, 5) is 30.5. The largest absolute Gasteiger partial charge is 0.481 e. The summed E-state index contributed by atoms with van der Waals surface area (Å²) < 4.78 is 13.0. The lowest BCUT2D eigenvalue weighted by molar-refractivity contribution is -0.137. The molecule has 1 aliphatic heterocycles. The summed E-state index contributed by atoms with van der Waals surface area (Å²) in [6, 6.07) is 14.9. The summed E-state index contributed by atoms with van der Waals surface area (Å²) in [5.41, 5.74) is 5.44. The molecule has 9 heteroatoms. The maximum absolute atomic E-state index is 13.8. The smallest absolute Gasteiger partial charge is 0.305 e. The molecule has 9 nitrogen and oxygen atoms in total. The van der Waals surface area contributed by atoms with Crippen LogP contribution in [0.1, 0.15) is 60.0 Å². The van der Waals surface area contributed by atoms with Crippen LogP contribution in [-0.4, -0.2) is 39.2 Å². The van der Waals surface area contributed by atoms with Gasteiger partial charge in [0.2, 0.25) is 6.79 Å². The molecule has 1 amide bonds. The third-order valence-electron chi connectivity index (χ3n) is 8.20. The quantitative estimate of drug-likeness (QED) is 0.236. The number of hydrogen-bond acceptors (Lipinski definition) is 6. The molecule has 212 valence electrons. The van der Waals surface area contributed by atoms with E-state index in [1.165, 1.54) is 0 Å². The number of carboxylic acid groups (broad SMARTS) is 1. The molecule has 41 heavy (non-hydrogen) atoms. The minimum Gasteiger partial charge on any atom is -0.481 e. The summed E-state index contributed by atoms with van der Waals surface area (Å²) in [6.45, 7) is 4.26. The van der Waals surface area contributed by atoms with Crippen molar-refractivity contribution in [1.82, 2.24) is 14.7 Å². The van der Waals surface area contributed by atoms with Gasteiger partial charge >= 0.3 is 5.97 Å². The van der Waals surface area contributed by atoms with Crippen LogP contribution in [0.15, 0.2) is 54.7 Å². The summed E-state index contributed by atoms with van der Waals surface area (Å²) in [7, 11) is 0. The van der Waals surface area contributed by atoms with Gasteiger partial charge in [-0.05, 0) is 74.1 Å². The van der Waals surface area contributed by atoms with E-state index in [1.54, 1.807) is 6.07 Å². The van der Waals surface area contributed by atoms with Crippen LogP contribution in [0.2, 0.25) is 0 Å². The van der Waals surface area contributed by atoms with Gasteiger partial charge in [0.15, 0.2) is 17.1 Å². The zero-order chi connectivity index (χ0) is 28.5. The standard InChI is InChI=1S/C32H34N4O5/c1-19-8-6-9-20(2)28(19)34-31-29(22-13-14-25-26(16-22)41-18-40-25)35-30-23(12-7-15-36(30)31)32(39)33-24(17-27(37)38)21-10-4-3-5-11-21/h6-9,12-16,21,24,34H,3-5,10-11,17-18H2,1-2H3,(H,33,39)(H,37,38). The third-order valence-corrected chi connectivity index (χ3v) is 8.20. The fourth-order valence-electron chi connectivity index (χ4n) is 6.05. The molecule has 6 rings (SSSR count). The number of hydrogen-bond donors (Lipinski definition) is 3. The van der Waals surface area contributed by atoms with Crippen molar-refractivity contribution in [2.24, 2.45) is 5.92 Å². The van der Waals surface area contributed by atoms with Crippen molar-refractivity contribution in [2.45, 2.75) is 58.4 Å². The summed E-state index contributed by atoms with van der Waals surface area (Å²) in [6.07, 6.45) is 6.87. The van der Waals surface area contributed by atoms with Crippen LogP contribution < -0.4 is 20.1 Å². The number of imidazole rings is 1. The van der Waals surface area contributed by atoms with E-state index >= 15 is 0 Å². The third kappa shape index (κ3) is 5.31. The van der Waals surface area contributed by atoms with Crippen LogP contribution in [0.5, 0.6) is 11.5 Å². The monoisotopic (exact) mass is 554 g/mol. The summed E-state index contributed by atoms with van der Waals surface area (Å²) >= 11 is 0. The number of carbonyl (C=O) groups excluding carboxylic acids is 1. The van der Waals surface area contributed by atoms with E-state index in [4.69, 9.17) is 14.5 Å². The number of benzene rings is 2. The Morgan fingerprint density at radius 1 is 1.02 bits per heavy atom. The van der Waals surface area contributed by atoms with E-state index < -0.39 is 12.0 Å². The van der Waals surface area contributed by atoms with Crippen LogP contribution in [0.4, 0.5) is 11.5 Å². The predicted octanol–water partition coefficient (Wildman–Crippen LogP) is 6.24. The van der Waals surface area contributed by atoms with Crippen LogP contribution in [0.25, 0.3) is 16.9 Å². The highest BCUT2D eigenvalue weighted by Crippen LogP contribution is 2.40. The van der Waals surface area contributed by atoms with Gasteiger partial charge in [0, 0.05) is 23.5 Å². The van der Waals surface area contributed by atoms with E-state index in [-0.39, 0.29) is 25.0 Å². The highest BCUT2D eigenvalue weighted by atomic mass is 16.7. The molecule has 3 N–H and O–H groups in total. The number of carbonyl (C=O) groups is 2. The van der Waals surface area contributed by atoms with Crippen LogP contribution in [-0.2, 0) is 4.79 Å². The molecule has 0 saturated heterocycles. The Balaban J connectivity index is 1.44. The Kier molecular flexibility index (Phi) is 7.26. The van der Waals surface area contributed by atoms with Crippen molar-refractivity contribution in [1.29, 1.82) is 0 Å². The first kappa shape index (κ1) is 26.7. The van der Waals surface area contributed by atoms with Crippen molar-refractivity contribution < 1.29 is 24.2 Å². The number of fused-ring (bicyclic) bond motifs is 2. The fourth-order valence-corrected chi connectivity index (χ4v) is 6.05. The average molecular weight is 555 g/mol. The average Bonchev–Trinajstić information content (AvgIpc) is 3.59. The molecule has 0 radical (unpaired) electrons. The number of nitrogens with zero attached hydrogens (tertiary/aromatic N) is 2. The van der Waals surface area contributed by atoms with E-state index in [9.17, 15) is 14.7 Å². The Hall–Kier alpha value is -4.53. The first-order valence-corrected chi connectivity index (χ1v) is 14.2. The van der Waals surface area contributed by atoms with Gasteiger partial charge in [0.05, 0.1) is 12.0 Å². The zero-order valence-electron chi connectivity index (χ0n) is 23.3. The van der Waals surface area contributed by atoms with Crippen molar-refractivity contribution >= 4 is 29.0 Å². The van der Waals surface area contributed by atoms with Crippen molar-refractivity contribution in [3.05, 3.63) is 71.4 Å². The molecule has 0 spiro atoms. The lowest BCUT2D eigenvalue weighted by Crippen LogP contribution is -2.42. The molecule has 1 unspecified atom stereocenters. The second-order valence-electron chi connectivity index (χ2n) is 11.0. The molecule has 2 aliphatic rings. The van der Waals surface area contributed by atoms with Crippen molar-refractivity contribution in [3.63, 3.8) is 0 Å². The predicted molar refractivity (Wildman–Crippen MR) is 156 cm³/mol. The van der Waals surface area contributed by atoms with Gasteiger partial charge < -0.3 is 25.2 Å². The molecule has 4 aromatic rings. The van der Waals surface area contributed by atoms with E-state index in [0.29, 0.717) is 34.2 Å². The topological polar surface area (TPSA) is 114 Å². The molecule has 1 fully saturated rings. The van der Waals surface area contributed by atoms with Gasteiger partial charge in [-0.25, -0.2) is 4.98 Å². The number of ether oxygens (including phenoxy) is 2. The van der Waals surface area contributed by atoms with Crippen LogP contribution >= 0.6 is 0 Å². The summed E-state index contributed by atoms with van der Waals surface area (Å²) in [5, 5.41) is 16.3. The molecule has 1 saturated carbocycles. The van der Waals surface area contributed by atoms with Gasteiger partial charge in [-0.1, -0.05) is 37.5 Å². The maximum Gasteiger partial charge on any atom is 0.305 e. The number of aromatic nitrogens is 2. The molecule has 1 aliphatic carbocycles. The van der Waals surface area contributed by atoms with E-state index in [0.717, 1.165) is 54.5 Å². The number of pyridine rings is 1. The van der Waals surface area contributed by atoms with Gasteiger partial charge in [0.1, 0.15) is 11.5 Å². The molecule has 2 aromatic carbocycles. The Morgan fingerprint density at radius 2 is 1.78 bits per heavy atom. The number of aliphatic carboxylic acids is 1. The lowest BCUT2D eigenvalue weighted by atomic mass is 9.82. The minimum atomic E-state index is -0.912. The number of para-hydroxylation sites is 1. The minimum absolute atomic E-state index is 0.101. The van der Waals surface area contributed by atoms with Crippen LogP contribution in [0.3, 0.4) is 0 Å². The number of aryl methyl sites for hydroxylation is 2. The summed E-state index contributed by atoms with van der Waals surface area (Å²) in [5.74, 6) is 0.931. The number of amides is 1. The number of anilines is 2. The first-order valence-electron chi connectivity index (χ1n) is 14.2. The number of carboxylic acids is 1. The van der Waals surface area contributed by atoms with Crippen LogP contribution in [0, 0.1) is 19.8 Å². The fraction of sp³-hybridized carbons (Fsp3) is 0.344. The van der Waals surface area contributed by atoms with E-state index in [1.807, 2.05) is 66.9 Å². The maximum atomic E-state index is 13.8. The van der Waals surface area contributed by atoms with Gasteiger partial charge in [0.25, 0.3) is 5.91 Å². The molecular weight excluding hydrogens is 520 g/mol. The Bertz CT molecular complexity index is 1600. The Labute approximate surface area is 238 Å². The lowest BCUT2D eigenvalue weighted by Gasteiger charge is -2.30. The zero-order valence-corrected chi connectivity index (χ0v) is 23.3.